The fraction of sp³-hybridized carbons (Fsp3) is 0.789. The van der Waals surface area contributed by atoms with Crippen molar-refractivity contribution in [2.24, 2.45) is 11.8 Å². The Hall–Kier alpha value is -1.12. The fourth-order valence-electron chi connectivity index (χ4n) is 4.29. The van der Waals surface area contributed by atoms with E-state index in [0.29, 0.717) is 18.1 Å². The molecule has 3 heteroatoms. The molecule has 0 bridgehead atoms. The van der Waals surface area contributed by atoms with Crippen molar-refractivity contribution in [1.82, 2.24) is 5.32 Å². The van der Waals surface area contributed by atoms with Gasteiger partial charge >= 0.3 is 0 Å². The standard InChI is InChI=1S/C19H31NO2/c1-3-18(22)20-19(2,16-12-8-5-9-13-16)14-17(21)15-10-6-4-7-11-15/h3,15-16H,1,4-14H2,2H3,(H,20,22). The highest BCUT2D eigenvalue weighted by Crippen LogP contribution is 2.36. The highest BCUT2D eigenvalue weighted by atomic mass is 16.2. The van der Waals surface area contributed by atoms with E-state index >= 15 is 0 Å². The summed E-state index contributed by atoms with van der Waals surface area (Å²) in [5.74, 6) is 0.844. The Morgan fingerprint density at radius 2 is 1.59 bits per heavy atom. The second-order valence-electron chi connectivity index (χ2n) is 7.42. The Labute approximate surface area is 134 Å². The molecule has 124 valence electrons. The van der Waals surface area contributed by atoms with E-state index in [0.717, 1.165) is 25.7 Å². The zero-order valence-corrected chi connectivity index (χ0v) is 14.0. The van der Waals surface area contributed by atoms with Crippen LogP contribution in [0.3, 0.4) is 0 Å². The van der Waals surface area contributed by atoms with Crippen LogP contribution >= 0.6 is 0 Å². The van der Waals surface area contributed by atoms with Crippen molar-refractivity contribution in [2.45, 2.75) is 83.1 Å². The van der Waals surface area contributed by atoms with Gasteiger partial charge in [0.2, 0.25) is 5.91 Å². The Morgan fingerprint density at radius 3 is 2.14 bits per heavy atom. The van der Waals surface area contributed by atoms with Crippen molar-refractivity contribution in [3.8, 4) is 0 Å². The molecule has 22 heavy (non-hydrogen) atoms. The topological polar surface area (TPSA) is 46.2 Å². The molecule has 0 aromatic heterocycles. The van der Waals surface area contributed by atoms with Gasteiger partial charge in [-0.25, -0.2) is 0 Å². The van der Waals surface area contributed by atoms with Gasteiger partial charge in [0.15, 0.2) is 0 Å². The van der Waals surface area contributed by atoms with Crippen LogP contribution in [0.2, 0.25) is 0 Å². The average molecular weight is 305 g/mol. The van der Waals surface area contributed by atoms with E-state index in [1.54, 1.807) is 0 Å². The maximum absolute atomic E-state index is 12.7. The second kappa shape index (κ2) is 7.94. The molecule has 0 saturated heterocycles. The molecular weight excluding hydrogens is 274 g/mol. The molecule has 0 aliphatic heterocycles. The van der Waals surface area contributed by atoms with E-state index in [9.17, 15) is 9.59 Å². The zero-order valence-electron chi connectivity index (χ0n) is 14.0. The van der Waals surface area contributed by atoms with Crippen molar-refractivity contribution >= 4 is 11.7 Å². The molecule has 1 N–H and O–H groups in total. The van der Waals surface area contributed by atoms with Crippen molar-refractivity contribution in [3.05, 3.63) is 12.7 Å². The van der Waals surface area contributed by atoms with Gasteiger partial charge in [0, 0.05) is 17.9 Å². The second-order valence-corrected chi connectivity index (χ2v) is 7.42. The summed E-state index contributed by atoms with van der Waals surface area (Å²) in [5.41, 5.74) is -0.403. The first-order valence-corrected chi connectivity index (χ1v) is 9.02. The minimum Gasteiger partial charge on any atom is -0.347 e. The van der Waals surface area contributed by atoms with E-state index in [1.165, 1.54) is 44.6 Å². The van der Waals surface area contributed by atoms with Crippen LogP contribution in [-0.2, 0) is 9.59 Å². The average Bonchev–Trinajstić information content (AvgIpc) is 2.56. The van der Waals surface area contributed by atoms with Crippen LogP contribution in [0.1, 0.15) is 77.6 Å². The van der Waals surface area contributed by atoms with Crippen LogP contribution in [0.15, 0.2) is 12.7 Å². The van der Waals surface area contributed by atoms with Gasteiger partial charge in [0.05, 0.1) is 0 Å². The molecule has 3 nitrogen and oxygen atoms in total. The number of rotatable bonds is 6. The number of carbonyl (C=O) groups excluding carboxylic acids is 2. The summed E-state index contributed by atoms with van der Waals surface area (Å²) in [6.45, 7) is 5.64. The molecule has 1 unspecified atom stereocenters. The van der Waals surface area contributed by atoms with E-state index in [2.05, 4.69) is 18.8 Å². The lowest BCUT2D eigenvalue weighted by atomic mass is 9.71. The number of carbonyl (C=O) groups is 2. The van der Waals surface area contributed by atoms with Crippen molar-refractivity contribution in [1.29, 1.82) is 0 Å². The molecule has 2 aliphatic carbocycles. The minimum absolute atomic E-state index is 0.149. The Bertz CT molecular complexity index is 406. The third kappa shape index (κ3) is 4.44. The maximum Gasteiger partial charge on any atom is 0.243 e. The number of nitrogens with one attached hydrogen (secondary N) is 1. The third-order valence-corrected chi connectivity index (χ3v) is 5.70. The van der Waals surface area contributed by atoms with Crippen molar-refractivity contribution in [2.75, 3.05) is 0 Å². The predicted molar refractivity (Wildman–Crippen MR) is 89.5 cm³/mol. The number of hydrogen-bond donors (Lipinski definition) is 1. The van der Waals surface area contributed by atoms with Crippen LogP contribution in [-0.4, -0.2) is 17.2 Å². The van der Waals surface area contributed by atoms with Gasteiger partial charge in [-0.1, -0.05) is 45.1 Å². The molecule has 1 amide bonds. The van der Waals surface area contributed by atoms with Crippen LogP contribution in [0.4, 0.5) is 0 Å². The maximum atomic E-state index is 12.7. The summed E-state index contributed by atoms with van der Waals surface area (Å²) in [6.07, 6.45) is 13.4. The van der Waals surface area contributed by atoms with Crippen molar-refractivity contribution in [3.63, 3.8) is 0 Å². The molecule has 2 aliphatic rings. The van der Waals surface area contributed by atoms with Gasteiger partial charge in [-0.05, 0) is 44.6 Å². The van der Waals surface area contributed by atoms with E-state index in [4.69, 9.17) is 0 Å². The van der Waals surface area contributed by atoms with Crippen LogP contribution in [0, 0.1) is 11.8 Å². The molecule has 1 atom stereocenters. The summed E-state index contributed by atoms with van der Waals surface area (Å²) < 4.78 is 0. The summed E-state index contributed by atoms with van der Waals surface area (Å²) >= 11 is 0. The first-order chi connectivity index (χ1) is 10.5. The molecular formula is C19H31NO2. The number of ketones is 1. The fourth-order valence-corrected chi connectivity index (χ4v) is 4.29. The molecule has 0 radical (unpaired) electrons. The molecule has 0 aromatic carbocycles. The van der Waals surface area contributed by atoms with Gasteiger partial charge in [-0.15, -0.1) is 0 Å². The molecule has 0 aromatic rings. The first kappa shape index (κ1) is 17.2. The first-order valence-electron chi connectivity index (χ1n) is 9.02. The van der Waals surface area contributed by atoms with E-state index in [1.807, 2.05) is 0 Å². The SMILES string of the molecule is C=CC(=O)NC(C)(CC(=O)C1CCCCC1)C1CCCCC1. The lowest BCUT2D eigenvalue weighted by Gasteiger charge is -2.41. The van der Waals surface area contributed by atoms with Gasteiger partial charge in [0.25, 0.3) is 0 Å². The van der Waals surface area contributed by atoms with Gasteiger partial charge in [-0.3, -0.25) is 9.59 Å². The summed E-state index contributed by atoms with van der Waals surface area (Å²) in [5, 5.41) is 3.10. The Balaban J connectivity index is 2.06. The van der Waals surface area contributed by atoms with Gasteiger partial charge in [0.1, 0.15) is 5.78 Å². The summed E-state index contributed by atoms with van der Waals surface area (Å²) in [4.78, 5) is 24.6. The molecule has 2 saturated carbocycles. The Morgan fingerprint density at radius 1 is 1.05 bits per heavy atom. The lowest BCUT2D eigenvalue weighted by Crippen LogP contribution is -2.53. The number of amides is 1. The molecule has 0 spiro atoms. The highest BCUT2D eigenvalue weighted by molar-refractivity contribution is 5.89. The normalized spacial score (nSPS) is 23.5. The van der Waals surface area contributed by atoms with Crippen LogP contribution < -0.4 is 5.32 Å². The van der Waals surface area contributed by atoms with Crippen molar-refractivity contribution < 1.29 is 9.59 Å². The van der Waals surface area contributed by atoms with Gasteiger partial charge in [-0.2, -0.15) is 0 Å². The smallest absolute Gasteiger partial charge is 0.243 e. The minimum atomic E-state index is -0.403. The predicted octanol–water partition coefficient (Wildman–Crippen LogP) is 4.17. The van der Waals surface area contributed by atoms with Gasteiger partial charge < -0.3 is 5.32 Å². The molecule has 0 heterocycles. The highest BCUT2D eigenvalue weighted by Gasteiger charge is 2.39. The van der Waals surface area contributed by atoms with Crippen LogP contribution in [0.5, 0.6) is 0 Å². The monoisotopic (exact) mass is 305 g/mol. The zero-order chi connectivity index (χ0) is 16.0. The molecule has 2 rings (SSSR count). The lowest BCUT2D eigenvalue weighted by molar-refractivity contribution is -0.127. The van der Waals surface area contributed by atoms with Crippen LogP contribution in [0.25, 0.3) is 0 Å². The summed E-state index contributed by atoms with van der Waals surface area (Å²) in [7, 11) is 0. The van der Waals surface area contributed by atoms with E-state index < -0.39 is 5.54 Å². The quantitative estimate of drug-likeness (QED) is 0.749. The summed E-state index contributed by atoms with van der Waals surface area (Å²) in [6, 6.07) is 0. The largest absolute Gasteiger partial charge is 0.347 e. The van der Waals surface area contributed by atoms with E-state index in [-0.39, 0.29) is 11.8 Å². The number of Topliss-reactive ketones (excluding diaryl/α,β-unsaturated/α-hetero) is 1. The molecule has 2 fully saturated rings. The number of hydrogen-bond acceptors (Lipinski definition) is 2. The third-order valence-electron chi connectivity index (χ3n) is 5.70. The Kier molecular flexibility index (Phi) is 6.22.